The Kier molecular flexibility index (Phi) is 42.0. The Balaban J connectivity index is 0. The summed E-state index contributed by atoms with van der Waals surface area (Å²) in [5.41, 5.74) is 0. The SMILES string of the molecule is O=B[O-].[NH4+]. The van der Waals surface area contributed by atoms with E-state index < -0.39 is 7.35 Å². The van der Waals surface area contributed by atoms with E-state index in [-0.39, 0.29) is 6.15 Å². The molecule has 0 aromatic rings. The van der Waals surface area contributed by atoms with Gasteiger partial charge >= 0.3 is 17.1 Å². The average molecular weight is 60.8 g/mol. The third-order valence-corrected chi connectivity index (χ3v) is 0. The van der Waals surface area contributed by atoms with E-state index in [0.29, 0.717) is 0 Å². The Bertz CT molecular complexity index is 13.5. The predicted molar refractivity (Wildman–Crippen MR) is 12.4 cm³/mol. The van der Waals surface area contributed by atoms with Gasteiger partial charge in [0, 0.05) is 0 Å². The van der Waals surface area contributed by atoms with Crippen LogP contribution < -0.4 is 11.2 Å². The number of hydrogen-bond acceptors (Lipinski definition) is 2. The standard InChI is InChI=1S/BO2.H3N/c2-1-3;/h;1H3/q-1;/p+1. The molecular formula is H4BNO2. The summed E-state index contributed by atoms with van der Waals surface area (Å²) in [4.78, 5) is 0. The van der Waals surface area contributed by atoms with Gasteiger partial charge in [-0.25, -0.2) is 0 Å². The van der Waals surface area contributed by atoms with Crippen LogP contribution >= 0.6 is 0 Å². The van der Waals surface area contributed by atoms with Crippen molar-refractivity contribution >= 4 is 7.35 Å². The molecule has 4 N–H and O–H groups in total. The minimum atomic E-state index is -0.500. The zero-order chi connectivity index (χ0) is 2.71. The van der Waals surface area contributed by atoms with Gasteiger partial charge in [0.1, 0.15) is 0 Å². The van der Waals surface area contributed by atoms with Crippen LogP contribution in [0.25, 0.3) is 0 Å². The van der Waals surface area contributed by atoms with Gasteiger partial charge in [-0.1, -0.05) is 0 Å². The summed E-state index contributed by atoms with van der Waals surface area (Å²) in [5, 5.41) is 8.25. The van der Waals surface area contributed by atoms with E-state index in [0.717, 1.165) is 0 Å². The summed E-state index contributed by atoms with van der Waals surface area (Å²) in [6, 6.07) is 0. The summed E-state index contributed by atoms with van der Waals surface area (Å²) in [5.74, 6) is 0. The second kappa shape index (κ2) is 17.7. The van der Waals surface area contributed by atoms with Crippen LogP contribution in [0, 0.1) is 0 Å². The molecule has 0 spiro atoms. The molecule has 0 aromatic carbocycles. The first-order chi connectivity index (χ1) is 1.41. The van der Waals surface area contributed by atoms with Crippen molar-refractivity contribution in [2.75, 3.05) is 0 Å². The summed E-state index contributed by atoms with van der Waals surface area (Å²) < 4.78 is 8.25. The molecule has 0 aromatic heterocycles. The molecule has 0 saturated heterocycles. The zero-order valence-electron chi connectivity index (χ0n) is 2.39. The fourth-order valence-electron chi connectivity index (χ4n) is 0. The first kappa shape index (κ1) is 9.46. The molecule has 4 heavy (non-hydrogen) atoms. The number of quaternary nitrogens is 1. The third-order valence-electron chi connectivity index (χ3n) is 0. The first-order valence-corrected chi connectivity index (χ1v) is 0.471. The van der Waals surface area contributed by atoms with Gasteiger partial charge in [-0.15, -0.1) is 0 Å². The Hall–Kier alpha value is -0.375. The predicted octanol–water partition coefficient (Wildman–Crippen LogP) is -1.31. The second-order valence-corrected chi connectivity index (χ2v) is 0.0962. The summed E-state index contributed by atoms with van der Waals surface area (Å²) in [7, 11) is -0.500. The molecule has 0 unspecified atom stereocenters. The maximum atomic E-state index is 8.25. The van der Waals surface area contributed by atoms with E-state index in [1.165, 1.54) is 0 Å². The van der Waals surface area contributed by atoms with Crippen molar-refractivity contribution in [1.82, 2.24) is 6.15 Å². The molecule has 0 aliphatic carbocycles. The molecule has 0 aliphatic rings. The van der Waals surface area contributed by atoms with Gasteiger partial charge in [0.2, 0.25) is 0 Å². The normalized spacial score (nSPS) is 2.00. The van der Waals surface area contributed by atoms with Crippen LogP contribution in [0.4, 0.5) is 0 Å². The Labute approximate surface area is 24.5 Å². The maximum absolute atomic E-state index is 8.25. The quantitative estimate of drug-likeness (QED) is 0.353. The molecule has 0 saturated carbocycles. The van der Waals surface area contributed by atoms with Gasteiger partial charge in [-0.05, 0) is 0 Å². The third kappa shape index (κ3) is 4.51. The molecule has 0 aliphatic heterocycles. The smallest absolute Gasteiger partial charge is 0.369 e. The van der Waals surface area contributed by atoms with Crippen LogP contribution in [0.1, 0.15) is 0 Å². The molecular weight excluding hydrogens is 56.8 g/mol. The minimum Gasteiger partial charge on any atom is -0.369 e. The van der Waals surface area contributed by atoms with Gasteiger partial charge < -0.3 is 6.15 Å². The summed E-state index contributed by atoms with van der Waals surface area (Å²) in [6.45, 7) is 0. The molecule has 0 radical (unpaired) electrons. The van der Waals surface area contributed by atoms with E-state index in [1.807, 2.05) is 0 Å². The molecule has 0 atom stereocenters. The molecule has 0 fully saturated rings. The van der Waals surface area contributed by atoms with E-state index in [4.69, 9.17) is 9.73 Å². The zero-order valence-corrected chi connectivity index (χ0v) is 2.39. The molecule has 0 bridgehead atoms. The fourth-order valence-corrected chi connectivity index (χ4v) is 0. The Morgan fingerprint density at radius 3 is 1.75 bits per heavy atom. The van der Waals surface area contributed by atoms with E-state index in [2.05, 4.69) is 0 Å². The van der Waals surface area contributed by atoms with Crippen molar-refractivity contribution in [2.24, 2.45) is 0 Å². The van der Waals surface area contributed by atoms with Crippen molar-refractivity contribution in [2.45, 2.75) is 0 Å². The minimum absolute atomic E-state index is 0. The maximum Gasteiger partial charge on any atom is -0.369 e. The molecule has 4 heteroatoms. The van der Waals surface area contributed by atoms with Crippen LogP contribution in [0.15, 0.2) is 0 Å². The Morgan fingerprint density at radius 1 is 1.75 bits per heavy atom. The van der Waals surface area contributed by atoms with Gasteiger partial charge in [0.05, 0.1) is 0 Å². The summed E-state index contributed by atoms with van der Waals surface area (Å²) >= 11 is 0. The van der Waals surface area contributed by atoms with Crippen LogP contribution in [-0.2, 0) is 4.70 Å². The van der Waals surface area contributed by atoms with E-state index in [9.17, 15) is 0 Å². The van der Waals surface area contributed by atoms with Crippen molar-refractivity contribution in [3.63, 3.8) is 0 Å². The first-order valence-electron chi connectivity index (χ1n) is 0.471. The summed E-state index contributed by atoms with van der Waals surface area (Å²) in [6.07, 6.45) is 0. The van der Waals surface area contributed by atoms with Crippen LogP contribution in [0.5, 0.6) is 0 Å². The second-order valence-electron chi connectivity index (χ2n) is 0.0962. The molecule has 24 valence electrons. The van der Waals surface area contributed by atoms with Crippen molar-refractivity contribution < 1.29 is 9.73 Å². The number of rotatable bonds is 0. The molecule has 3 nitrogen and oxygen atoms in total. The van der Waals surface area contributed by atoms with Crippen molar-refractivity contribution in [3.8, 4) is 0 Å². The Morgan fingerprint density at radius 2 is 1.75 bits per heavy atom. The topological polar surface area (TPSA) is 76.6 Å². The largest absolute Gasteiger partial charge is 0.369 e. The van der Waals surface area contributed by atoms with Gasteiger partial charge in [-0.2, -0.15) is 0 Å². The fraction of sp³-hybridized carbons (Fsp3) is 0. The average Bonchev–Trinajstić information content (AvgIpc) is 0.918. The van der Waals surface area contributed by atoms with Crippen molar-refractivity contribution in [1.29, 1.82) is 0 Å². The molecule has 0 rings (SSSR count). The van der Waals surface area contributed by atoms with Gasteiger partial charge in [0.25, 0.3) is 0 Å². The molecule has 0 amide bonds. The van der Waals surface area contributed by atoms with Gasteiger partial charge in [-0.3, -0.25) is 0 Å². The van der Waals surface area contributed by atoms with Crippen molar-refractivity contribution in [3.05, 3.63) is 0 Å². The number of hydrogen-bond donors (Lipinski definition) is 1. The van der Waals surface area contributed by atoms with E-state index in [1.54, 1.807) is 0 Å². The van der Waals surface area contributed by atoms with Crippen LogP contribution in [0.2, 0.25) is 0 Å². The monoisotopic (exact) mass is 61.0 g/mol. The van der Waals surface area contributed by atoms with Crippen LogP contribution in [0.3, 0.4) is 0 Å². The van der Waals surface area contributed by atoms with E-state index >= 15 is 0 Å². The van der Waals surface area contributed by atoms with Gasteiger partial charge in [0.15, 0.2) is 0 Å². The van der Waals surface area contributed by atoms with Crippen LogP contribution in [-0.4, -0.2) is 7.35 Å². The molecule has 0 heterocycles.